The number of hydrogen-bond acceptors (Lipinski definition) is 3. The molecule has 2 aliphatic carbocycles. The zero-order chi connectivity index (χ0) is 16.5. The van der Waals surface area contributed by atoms with Crippen molar-refractivity contribution in [2.75, 3.05) is 6.54 Å². The van der Waals surface area contributed by atoms with E-state index in [2.05, 4.69) is 11.4 Å². The molecule has 3 aliphatic rings. The van der Waals surface area contributed by atoms with Gasteiger partial charge in [-0.15, -0.1) is 0 Å². The zero-order valence-electron chi connectivity index (χ0n) is 14.1. The Balaban J connectivity index is 1.36. The molecule has 1 atom stereocenters. The van der Waals surface area contributed by atoms with Crippen LogP contribution in [0.3, 0.4) is 0 Å². The highest BCUT2D eigenvalue weighted by atomic mass is 16.2. The summed E-state index contributed by atoms with van der Waals surface area (Å²) in [6.45, 7) is 1.18. The fraction of sp³-hybridized carbons (Fsp3) is 0.632. The van der Waals surface area contributed by atoms with Crippen molar-refractivity contribution in [1.82, 2.24) is 15.2 Å². The van der Waals surface area contributed by atoms with Crippen LogP contribution < -0.4 is 5.32 Å². The number of hydrogen-bond donors (Lipinski definition) is 1. The molecule has 1 saturated heterocycles. The van der Waals surface area contributed by atoms with E-state index >= 15 is 0 Å². The van der Waals surface area contributed by atoms with E-state index in [1.807, 2.05) is 6.07 Å². The minimum absolute atomic E-state index is 0.0268. The lowest BCUT2D eigenvalue weighted by Gasteiger charge is -2.24. The Hall–Kier alpha value is -1.91. The van der Waals surface area contributed by atoms with E-state index in [9.17, 15) is 9.59 Å². The highest BCUT2D eigenvalue weighted by molar-refractivity contribution is 5.89. The third-order valence-electron chi connectivity index (χ3n) is 5.44. The van der Waals surface area contributed by atoms with Gasteiger partial charge < -0.3 is 10.2 Å². The number of nitrogens with one attached hydrogen (secondary N) is 1. The first-order valence-corrected chi connectivity index (χ1v) is 9.28. The van der Waals surface area contributed by atoms with Gasteiger partial charge in [-0.3, -0.25) is 14.6 Å². The standard InChI is InChI=1S/C19H25N3O2/c23-18(17-6-3-11-22(17)19(24)14-7-8-14)20-12-15-10-9-13-4-1-2-5-16(13)21-15/h9-10,14,17H,1-8,11-12H2,(H,20,23). The first-order chi connectivity index (χ1) is 11.7. The number of likely N-dealkylation sites (tertiary alicyclic amines) is 1. The fourth-order valence-corrected chi connectivity index (χ4v) is 3.89. The number of carbonyl (C=O) groups is 2. The monoisotopic (exact) mass is 327 g/mol. The van der Waals surface area contributed by atoms with Gasteiger partial charge in [0.25, 0.3) is 0 Å². The van der Waals surface area contributed by atoms with E-state index in [0.717, 1.165) is 50.8 Å². The van der Waals surface area contributed by atoms with E-state index in [4.69, 9.17) is 4.98 Å². The van der Waals surface area contributed by atoms with Gasteiger partial charge in [0.05, 0.1) is 12.2 Å². The summed E-state index contributed by atoms with van der Waals surface area (Å²) < 4.78 is 0. The van der Waals surface area contributed by atoms with Crippen molar-refractivity contribution >= 4 is 11.8 Å². The van der Waals surface area contributed by atoms with Gasteiger partial charge in [-0.05, 0) is 63.0 Å². The van der Waals surface area contributed by atoms with Crippen molar-refractivity contribution in [2.24, 2.45) is 5.92 Å². The lowest BCUT2D eigenvalue weighted by atomic mass is 9.96. The molecular formula is C19H25N3O2. The Morgan fingerprint density at radius 1 is 1.12 bits per heavy atom. The van der Waals surface area contributed by atoms with E-state index in [0.29, 0.717) is 6.54 Å². The maximum atomic E-state index is 12.5. The second-order valence-corrected chi connectivity index (χ2v) is 7.30. The smallest absolute Gasteiger partial charge is 0.243 e. The molecule has 2 heterocycles. The van der Waals surface area contributed by atoms with Gasteiger partial charge >= 0.3 is 0 Å². The summed E-state index contributed by atoms with van der Waals surface area (Å²) >= 11 is 0. The molecule has 1 aromatic rings. The van der Waals surface area contributed by atoms with Crippen LogP contribution in [0.1, 0.15) is 55.5 Å². The highest BCUT2D eigenvalue weighted by Crippen LogP contribution is 2.33. The van der Waals surface area contributed by atoms with Crippen molar-refractivity contribution in [1.29, 1.82) is 0 Å². The molecule has 2 fully saturated rings. The van der Waals surface area contributed by atoms with Crippen LogP contribution in [0.25, 0.3) is 0 Å². The van der Waals surface area contributed by atoms with Gasteiger partial charge in [-0.1, -0.05) is 6.07 Å². The molecule has 0 radical (unpaired) electrons. The number of rotatable bonds is 4. The van der Waals surface area contributed by atoms with E-state index in [-0.39, 0.29) is 23.8 Å². The van der Waals surface area contributed by atoms with Crippen LogP contribution in [0.5, 0.6) is 0 Å². The van der Waals surface area contributed by atoms with Gasteiger partial charge in [0, 0.05) is 18.2 Å². The fourth-order valence-electron chi connectivity index (χ4n) is 3.89. The molecule has 24 heavy (non-hydrogen) atoms. The Bertz CT molecular complexity index is 654. The lowest BCUT2D eigenvalue weighted by Crippen LogP contribution is -2.46. The maximum Gasteiger partial charge on any atom is 0.243 e. The normalized spacial score (nSPS) is 23.0. The van der Waals surface area contributed by atoms with Crippen molar-refractivity contribution in [3.63, 3.8) is 0 Å². The topological polar surface area (TPSA) is 62.3 Å². The average molecular weight is 327 g/mol. The molecule has 1 aliphatic heterocycles. The zero-order valence-corrected chi connectivity index (χ0v) is 14.1. The third-order valence-corrected chi connectivity index (χ3v) is 5.44. The number of pyridine rings is 1. The van der Waals surface area contributed by atoms with Crippen LogP contribution in [-0.2, 0) is 29.0 Å². The summed E-state index contributed by atoms with van der Waals surface area (Å²) in [5, 5.41) is 3.00. The summed E-state index contributed by atoms with van der Waals surface area (Å²) in [5.74, 6) is 0.335. The summed E-state index contributed by atoms with van der Waals surface area (Å²) in [6.07, 6.45) is 8.30. The first kappa shape index (κ1) is 15.6. The second kappa shape index (κ2) is 6.54. The highest BCUT2D eigenvalue weighted by Gasteiger charge is 2.40. The molecule has 128 valence electrons. The van der Waals surface area contributed by atoms with E-state index in [1.165, 1.54) is 24.1 Å². The molecule has 0 bridgehead atoms. The van der Waals surface area contributed by atoms with Crippen molar-refractivity contribution in [3.05, 3.63) is 29.1 Å². The number of nitrogens with zero attached hydrogens (tertiary/aromatic N) is 2. The second-order valence-electron chi connectivity index (χ2n) is 7.30. The minimum atomic E-state index is -0.282. The number of aromatic nitrogens is 1. The van der Waals surface area contributed by atoms with Crippen molar-refractivity contribution in [2.45, 2.75) is 64.0 Å². The van der Waals surface area contributed by atoms with Crippen LogP contribution in [-0.4, -0.2) is 34.3 Å². The first-order valence-electron chi connectivity index (χ1n) is 9.28. The third kappa shape index (κ3) is 3.17. The predicted molar refractivity (Wildman–Crippen MR) is 90.2 cm³/mol. The molecule has 5 nitrogen and oxygen atoms in total. The molecule has 2 amide bonds. The summed E-state index contributed by atoms with van der Waals surface area (Å²) in [5.41, 5.74) is 3.47. The van der Waals surface area contributed by atoms with Crippen LogP contribution in [0.2, 0.25) is 0 Å². The molecule has 4 rings (SSSR count). The summed E-state index contributed by atoms with van der Waals surface area (Å²) in [6, 6.07) is 3.89. The number of aryl methyl sites for hydroxylation is 2. The summed E-state index contributed by atoms with van der Waals surface area (Å²) in [7, 11) is 0. The molecule has 0 aromatic carbocycles. The van der Waals surface area contributed by atoms with Gasteiger partial charge in [0.1, 0.15) is 6.04 Å². The van der Waals surface area contributed by atoms with Gasteiger partial charge in [-0.25, -0.2) is 0 Å². The molecule has 0 spiro atoms. The average Bonchev–Trinajstić information content (AvgIpc) is 3.35. The molecule has 1 unspecified atom stereocenters. The van der Waals surface area contributed by atoms with Gasteiger partial charge in [0.2, 0.25) is 11.8 Å². The minimum Gasteiger partial charge on any atom is -0.349 e. The molecule has 1 N–H and O–H groups in total. The van der Waals surface area contributed by atoms with E-state index < -0.39 is 0 Å². The quantitative estimate of drug-likeness (QED) is 0.920. The van der Waals surface area contributed by atoms with Crippen LogP contribution >= 0.6 is 0 Å². The predicted octanol–water partition coefficient (Wildman–Crippen LogP) is 1.98. The molecule has 5 heteroatoms. The Labute approximate surface area is 142 Å². The van der Waals surface area contributed by atoms with Crippen LogP contribution in [0.15, 0.2) is 12.1 Å². The van der Waals surface area contributed by atoms with Crippen molar-refractivity contribution < 1.29 is 9.59 Å². The van der Waals surface area contributed by atoms with Gasteiger partial charge in [0.15, 0.2) is 0 Å². The molecule has 1 aromatic heterocycles. The van der Waals surface area contributed by atoms with Crippen LogP contribution in [0.4, 0.5) is 0 Å². The van der Waals surface area contributed by atoms with E-state index in [1.54, 1.807) is 4.90 Å². The Morgan fingerprint density at radius 2 is 1.96 bits per heavy atom. The number of amides is 2. The van der Waals surface area contributed by atoms with Crippen LogP contribution in [0, 0.1) is 5.92 Å². The lowest BCUT2D eigenvalue weighted by molar-refractivity contribution is -0.139. The number of carbonyl (C=O) groups excluding carboxylic acids is 2. The summed E-state index contributed by atoms with van der Waals surface area (Å²) in [4.78, 5) is 31.3. The SMILES string of the molecule is O=C(NCc1ccc2c(n1)CCCC2)C1CCCN1C(=O)C1CC1. The number of fused-ring (bicyclic) bond motifs is 1. The Morgan fingerprint density at radius 3 is 2.79 bits per heavy atom. The van der Waals surface area contributed by atoms with Crippen molar-refractivity contribution in [3.8, 4) is 0 Å². The largest absolute Gasteiger partial charge is 0.349 e. The Kier molecular flexibility index (Phi) is 4.25. The maximum absolute atomic E-state index is 12.5. The van der Waals surface area contributed by atoms with Gasteiger partial charge in [-0.2, -0.15) is 0 Å². The molecule has 1 saturated carbocycles. The molecular weight excluding hydrogens is 302 g/mol.